The maximum atomic E-state index is 13.5. The van der Waals surface area contributed by atoms with Crippen LogP contribution in [0, 0.1) is 11.6 Å². The Hall–Kier alpha value is -1.74. The molecule has 3 N–H and O–H groups in total. The van der Waals surface area contributed by atoms with E-state index in [1.165, 1.54) is 0 Å². The first-order valence-electron chi connectivity index (χ1n) is 6.72. The summed E-state index contributed by atoms with van der Waals surface area (Å²) in [5, 5.41) is 5.82. The van der Waals surface area contributed by atoms with Gasteiger partial charge in [-0.15, -0.1) is 0 Å². The van der Waals surface area contributed by atoms with Gasteiger partial charge < -0.3 is 10.6 Å². The van der Waals surface area contributed by atoms with Gasteiger partial charge in [0.1, 0.15) is 11.6 Å². The normalized spacial score (nSPS) is 12.3. The highest BCUT2D eigenvalue weighted by Gasteiger charge is 2.04. The number of hydrogen-bond donors (Lipinski definition) is 3. The van der Waals surface area contributed by atoms with Crippen molar-refractivity contribution in [2.75, 3.05) is 25.9 Å². The molecule has 1 aromatic carbocycles. The second kappa shape index (κ2) is 8.64. The lowest BCUT2D eigenvalue weighted by Gasteiger charge is -2.11. The average Bonchev–Trinajstić information content (AvgIpc) is 2.43. The van der Waals surface area contributed by atoms with Gasteiger partial charge in [-0.05, 0) is 25.1 Å². The number of nitrogens with zero attached hydrogens (tertiary/aromatic N) is 1. The molecule has 22 heavy (non-hydrogen) atoms. The predicted octanol–water partition coefficient (Wildman–Crippen LogP) is 0.569. The van der Waals surface area contributed by atoms with E-state index in [2.05, 4.69) is 20.3 Å². The molecule has 0 fully saturated rings. The fraction of sp³-hybridized carbons (Fsp3) is 0.462. The summed E-state index contributed by atoms with van der Waals surface area (Å²) in [5.41, 5.74) is 0.145. The SMILES string of the molecule is CCNC(=NCc1cc(F)ccc1F)NCCNS(C)(=O)=O. The second-order valence-corrected chi connectivity index (χ2v) is 6.36. The van der Waals surface area contributed by atoms with Gasteiger partial charge in [0, 0.05) is 25.2 Å². The summed E-state index contributed by atoms with van der Waals surface area (Å²) in [6.07, 6.45) is 1.07. The van der Waals surface area contributed by atoms with Crippen LogP contribution in [0.5, 0.6) is 0 Å². The van der Waals surface area contributed by atoms with E-state index in [-0.39, 0.29) is 18.7 Å². The van der Waals surface area contributed by atoms with Gasteiger partial charge in [0.2, 0.25) is 10.0 Å². The first-order valence-corrected chi connectivity index (χ1v) is 8.61. The first-order chi connectivity index (χ1) is 10.3. The fourth-order valence-corrected chi connectivity index (χ4v) is 2.06. The van der Waals surface area contributed by atoms with E-state index in [4.69, 9.17) is 0 Å². The van der Waals surface area contributed by atoms with Crippen molar-refractivity contribution in [1.82, 2.24) is 15.4 Å². The van der Waals surface area contributed by atoms with Crippen molar-refractivity contribution < 1.29 is 17.2 Å². The third-order valence-corrected chi connectivity index (χ3v) is 3.27. The highest BCUT2D eigenvalue weighted by atomic mass is 32.2. The molecule has 6 nitrogen and oxygen atoms in total. The van der Waals surface area contributed by atoms with Crippen molar-refractivity contribution in [3.63, 3.8) is 0 Å². The van der Waals surface area contributed by atoms with E-state index in [1.807, 2.05) is 6.92 Å². The highest BCUT2D eigenvalue weighted by molar-refractivity contribution is 7.88. The largest absolute Gasteiger partial charge is 0.357 e. The number of nitrogens with one attached hydrogen (secondary N) is 3. The molecular formula is C13H20F2N4O2S. The third-order valence-electron chi connectivity index (χ3n) is 2.54. The Morgan fingerprint density at radius 2 is 1.95 bits per heavy atom. The monoisotopic (exact) mass is 334 g/mol. The molecule has 0 aromatic heterocycles. The van der Waals surface area contributed by atoms with Gasteiger partial charge in [0.05, 0.1) is 12.8 Å². The molecule has 1 aromatic rings. The highest BCUT2D eigenvalue weighted by Crippen LogP contribution is 2.10. The molecule has 0 amide bonds. The summed E-state index contributed by atoms with van der Waals surface area (Å²) in [6.45, 7) is 2.91. The summed E-state index contributed by atoms with van der Waals surface area (Å²) in [4.78, 5) is 4.13. The van der Waals surface area contributed by atoms with Gasteiger partial charge >= 0.3 is 0 Å². The van der Waals surface area contributed by atoms with Crippen molar-refractivity contribution in [3.8, 4) is 0 Å². The lowest BCUT2D eigenvalue weighted by molar-refractivity contribution is 0.584. The predicted molar refractivity (Wildman–Crippen MR) is 82.0 cm³/mol. The van der Waals surface area contributed by atoms with Crippen LogP contribution in [-0.2, 0) is 16.6 Å². The molecule has 0 spiro atoms. The first kappa shape index (κ1) is 18.3. The molecule has 9 heteroatoms. The van der Waals surface area contributed by atoms with Gasteiger partial charge in [-0.3, -0.25) is 0 Å². The van der Waals surface area contributed by atoms with Crippen molar-refractivity contribution >= 4 is 16.0 Å². The molecule has 0 bridgehead atoms. The Morgan fingerprint density at radius 1 is 1.23 bits per heavy atom. The number of guanidine groups is 1. The van der Waals surface area contributed by atoms with E-state index in [1.54, 1.807) is 0 Å². The van der Waals surface area contributed by atoms with Crippen LogP contribution in [-0.4, -0.2) is 40.3 Å². The molecule has 0 saturated heterocycles. The van der Waals surface area contributed by atoms with Gasteiger partial charge in [-0.2, -0.15) is 0 Å². The molecule has 0 saturated carbocycles. The minimum absolute atomic E-state index is 0.0293. The van der Waals surface area contributed by atoms with Crippen LogP contribution in [0.25, 0.3) is 0 Å². The molecular weight excluding hydrogens is 314 g/mol. The van der Waals surface area contributed by atoms with Gasteiger partial charge in [-0.25, -0.2) is 26.9 Å². The number of aliphatic imine (C=N–C) groups is 1. The maximum absolute atomic E-state index is 13.5. The van der Waals surface area contributed by atoms with Crippen LogP contribution in [0.1, 0.15) is 12.5 Å². The van der Waals surface area contributed by atoms with Gasteiger partial charge in [0.15, 0.2) is 5.96 Å². The van der Waals surface area contributed by atoms with Crippen LogP contribution in [0.2, 0.25) is 0 Å². The molecule has 0 radical (unpaired) electrons. The van der Waals surface area contributed by atoms with Crippen LogP contribution in [0.4, 0.5) is 8.78 Å². The molecule has 0 unspecified atom stereocenters. The van der Waals surface area contributed by atoms with E-state index in [0.717, 1.165) is 24.5 Å². The molecule has 0 atom stereocenters. The smallest absolute Gasteiger partial charge is 0.208 e. The zero-order valence-electron chi connectivity index (χ0n) is 12.5. The summed E-state index contributed by atoms with van der Waals surface area (Å²) < 4.78 is 50.7. The molecule has 124 valence electrons. The Labute approximate surface area is 129 Å². The maximum Gasteiger partial charge on any atom is 0.208 e. The topological polar surface area (TPSA) is 82.6 Å². The third kappa shape index (κ3) is 7.32. The lowest BCUT2D eigenvalue weighted by Crippen LogP contribution is -2.41. The number of sulfonamides is 1. The quantitative estimate of drug-likeness (QED) is 0.387. The molecule has 0 aliphatic heterocycles. The zero-order chi connectivity index (χ0) is 16.6. The number of benzene rings is 1. The number of hydrogen-bond acceptors (Lipinski definition) is 3. The summed E-state index contributed by atoms with van der Waals surface area (Å²) in [7, 11) is -3.24. The number of halogens is 2. The molecule has 1 rings (SSSR count). The minimum Gasteiger partial charge on any atom is -0.357 e. The van der Waals surface area contributed by atoms with Crippen LogP contribution < -0.4 is 15.4 Å². The van der Waals surface area contributed by atoms with Crippen molar-refractivity contribution in [2.45, 2.75) is 13.5 Å². The molecule has 0 aliphatic carbocycles. The Kier molecular flexibility index (Phi) is 7.19. The van der Waals surface area contributed by atoms with E-state index < -0.39 is 21.7 Å². The average molecular weight is 334 g/mol. The van der Waals surface area contributed by atoms with Gasteiger partial charge in [0.25, 0.3) is 0 Å². The zero-order valence-corrected chi connectivity index (χ0v) is 13.3. The van der Waals surface area contributed by atoms with Gasteiger partial charge in [-0.1, -0.05) is 0 Å². The van der Waals surface area contributed by atoms with Crippen LogP contribution in [0.15, 0.2) is 23.2 Å². The summed E-state index contributed by atoms with van der Waals surface area (Å²) in [6, 6.07) is 3.19. The molecule has 0 aliphatic rings. The summed E-state index contributed by atoms with van der Waals surface area (Å²) in [5.74, 6) is -0.664. The second-order valence-electron chi connectivity index (χ2n) is 4.52. The molecule has 0 heterocycles. The van der Waals surface area contributed by atoms with E-state index >= 15 is 0 Å². The summed E-state index contributed by atoms with van der Waals surface area (Å²) >= 11 is 0. The van der Waals surface area contributed by atoms with E-state index in [0.29, 0.717) is 19.0 Å². The van der Waals surface area contributed by atoms with Crippen molar-refractivity contribution in [3.05, 3.63) is 35.4 Å². The van der Waals surface area contributed by atoms with Crippen LogP contribution >= 0.6 is 0 Å². The van der Waals surface area contributed by atoms with Crippen molar-refractivity contribution in [2.24, 2.45) is 4.99 Å². The Bertz CT molecular complexity index is 620. The van der Waals surface area contributed by atoms with Crippen molar-refractivity contribution in [1.29, 1.82) is 0 Å². The standard InChI is InChI=1S/C13H20F2N4O2S/c1-3-16-13(17-6-7-19-22(2,20)21)18-9-10-8-11(14)4-5-12(10)15/h4-5,8,19H,3,6-7,9H2,1-2H3,(H2,16,17,18). The lowest BCUT2D eigenvalue weighted by atomic mass is 10.2. The Morgan fingerprint density at radius 3 is 2.59 bits per heavy atom. The minimum atomic E-state index is -3.24. The Balaban J connectivity index is 2.59. The fourth-order valence-electron chi connectivity index (χ4n) is 1.59. The number of rotatable bonds is 7. The van der Waals surface area contributed by atoms with Crippen LogP contribution in [0.3, 0.4) is 0 Å². The van der Waals surface area contributed by atoms with E-state index in [9.17, 15) is 17.2 Å².